The van der Waals surface area contributed by atoms with E-state index in [1.807, 2.05) is 0 Å². The topological polar surface area (TPSA) is 70.4 Å². The van der Waals surface area contributed by atoms with Crippen LogP contribution in [0, 0.1) is 5.82 Å². The third kappa shape index (κ3) is 3.62. The average molecular weight is 279 g/mol. The molecule has 2 aromatic rings. The van der Waals surface area contributed by atoms with Gasteiger partial charge in [0, 0.05) is 23.6 Å². The summed E-state index contributed by atoms with van der Waals surface area (Å²) < 4.78 is 12.7. The normalized spacial score (nSPS) is 11.5. The van der Waals surface area contributed by atoms with Gasteiger partial charge in [-0.1, -0.05) is 12.1 Å². The van der Waals surface area contributed by atoms with Crippen molar-refractivity contribution in [2.45, 2.75) is 6.42 Å². The van der Waals surface area contributed by atoms with Crippen LogP contribution in [0.25, 0.3) is 6.08 Å². The van der Waals surface area contributed by atoms with E-state index in [4.69, 9.17) is 10.2 Å². The van der Waals surface area contributed by atoms with Crippen molar-refractivity contribution < 1.29 is 19.4 Å². The number of hydrogen-bond donors (Lipinski definition) is 2. The van der Waals surface area contributed by atoms with Crippen LogP contribution in [0.4, 0.5) is 4.39 Å². The van der Waals surface area contributed by atoms with Crippen molar-refractivity contribution in [2.75, 3.05) is 0 Å². The molecule has 4 nitrogen and oxygen atoms in total. The molecule has 1 heterocycles. The predicted molar refractivity (Wildman–Crippen MR) is 69.6 cm³/mol. The molecular formula is C13H10FNO3S. The van der Waals surface area contributed by atoms with Crippen LogP contribution < -0.4 is 0 Å². The summed E-state index contributed by atoms with van der Waals surface area (Å²) in [4.78, 5) is 15.4. The molecule has 0 aliphatic carbocycles. The second-order valence-electron chi connectivity index (χ2n) is 3.80. The number of carboxylic acids is 1. The quantitative estimate of drug-likeness (QED) is 0.667. The summed E-state index contributed by atoms with van der Waals surface area (Å²) >= 11 is 1.27. The van der Waals surface area contributed by atoms with E-state index in [-0.39, 0.29) is 5.82 Å². The zero-order valence-electron chi connectivity index (χ0n) is 9.71. The van der Waals surface area contributed by atoms with Gasteiger partial charge in [0.05, 0.1) is 0 Å². The first kappa shape index (κ1) is 13.2. The third-order valence-electron chi connectivity index (χ3n) is 2.34. The van der Waals surface area contributed by atoms with Crippen molar-refractivity contribution in [3.8, 4) is 0 Å². The number of carbonyl (C=O) groups is 1. The third-order valence-corrected chi connectivity index (χ3v) is 3.29. The summed E-state index contributed by atoms with van der Waals surface area (Å²) in [6.45, 7) is 0. The molecule has 0 spiro atoms. The van der Waals surface area contributed by atoms with Crippen molar-refractivity contribution in [3.63, 3.8) is 0 Å². The molecule has 0 aliphatic heterocycles. The number of thiazole rings is 1. The molecule has 0 aliphatic rings. The Morgan fingerprint density at radius 1 is 1.32 bits per heavy atom. The smallest absolute Gasteiger partial charge is 0.371 e. The molecule has 2 rings (SSSR count). The van der Waals surface area contributed by atoms with E-state index in [1.54, 1.807) is 18.3 Å². The second-order valence-corrected chi connectivity index (χ2v) is 4.95. The van der Waals surface area contributed by atoms with Gasteiger partial charge in [-0.25, -0.2) is 14.2 Å². The molecule has 0 amide bonds. The number of halogens is 1. The van der Waals surface area contributed by atoms with Gasteiger partial charge >= 0.3 is 5.97 Å². The first-order chi connectivity index (χ1) is 9.04. The van der Waals surface area contributed by atoms with Gasteiger partial charge in [-0.3, -0.25) is 0 Å². The van der Waals surface area contributed by atoms with Crippen molar-refractivity contribution in [1.29, 1.82) is 0 Å². The van der Waals surface area contributed by atoms with Crippen LogP contribution in [0.2, 0.25) is 0 Å². The van der Waals surface area contributed by atoms with Crippen LogP contribution in [-0.4, -0.2) is 21.2 Å². The summed E-state index contributed by atoms with van der Waals surface area (Å²) in [7, 11) is 0. The van der Waals surface area contributed by atoms with Gasteiger partial charge < -0.3 is 10.2 Å². The van der Waals surface area contributed by atoms with Crippen molar-refractivity contribution in [2.24, 2.45) is 0 Å². The van der Waals surface area contributed by atoms with Crippen molar-refractivity contribution in [1.82, 2.24) is 4.98 Å². The Morgan fingerprint density at radius 3 is 2.63 bits per heavy atom. The Kier molecular flexibility index (Phi) is 3.91. The minimum Gasteiger partial charge on any atom is -0.502 e. The lowest BCUT2D eigenvalue weighted by molar-refractivity contribution is -0.135. The Morgan fingerprint density at radius 2 is 2.00 bits per heavy atom. The van der Waals surface area contributed by atoms with E-state index in [0.29, 0.717) is 11.4 Å². The highest BCUT2D eigenvalue weighted by Gasteiger charge is 2.07. The summed E-state index contributed by atoms with van der Waals surface area (Å²) in [5.74, 6) is -2.43. The van der Waals surface area contributed by atoms with Crippen molar-refractivity contribution in [3.05, 3.63) is 57.5 Å². The van der Waals surface area contributed by atoms with E-state index in [1.165, 1.54) is 23.5 Å². The number of aliphatic hydroxyl groups excluding tert-OH is 1. The SMILES string of the molecule is O=C(O)C(O)=Cc1ncc(Cc2ccc(F)cc2)s1. The monoisotopic (exact) mass is 279 g/mol. The number of nitrogens with zero attached hydrogens (tertiary/aromatic N) is 1. The standard InChI is InChI=1S/C13H10FNO3S/c14-9-3-1-8(2-4-9)5-10-7-15-12(19-10)6-11(16)13(17)18/h1-4,6-7,16H,5H2,(H,17,18). The lowest BCUT2D eigenvalue weighted by atomic mass is 10.1. The van der Waals surface area contributed by atoms with Gasteiger partial charge in [0.25, 0.3) is 0 Å². The number of rotatable bonds is 4. The Balaban J connectivity index is 2.11. The molecule has 6 heteroatoms. The van der Waals surface area contributed by atoms with Gasteiger partial charge in [-0.2, -0.15) is 0 Å². The maximum Gasteiger partial charge on any atom is 0.371 e. The molecule has 0 fully saturated rings. The zero-order valence-corrected chi connectivity index (χ0v) is 10.5. The van der Waals surface area contributed by atoms with Crippen LogP contribution in [0.1, 0.15) is 15.4 Å². The van der Waals surface area contributed by atoms with Gasteiger partial charge in [-0.05, 0) is 17.7 Å². The van der Waals surface area contributed by atoms with E-state index in [9.17, 15) is 9.18 Å². The zero-order chi connectivity index (χ0) is 13.8. The van der Waals surface area contributed by atoms with Crippen LogP contribution in [-0.2, 0) is 11.2 Å². The lowest BCUT2D eigenvalue weighted by Gasteiger charge is -1.97. The highest BCUT2D eigenvalue weighted by Crippen LogP contribution is 2.19. The first-order valence-corrected chi connectivity index (χ1v) is 6.19. The van der Waals surface area contributed by atoms with E-state index >= 15 is 0 Å². The summed E-state index contributed by atoms with van der Waals surface area (Å²) in [5, 5.41) is 18.0. The predicted octanol–water partition coefficient (Wildman–Crippen LogP) is 2.86. The van der Waals surface area contributed by atoms with Crippen LogP contribution in [0.5, 0.6) is 0 Å². The fraction of sp³-hybridized carbons (Fsp3) is 0.0769. The summed E-state index contributed by atoms with van der Waals surface area (Å²) in [5.41, 5.74) is 0.933. The lowest BCUT2D eigenvalue weighted by Crippen LogP contribution is -1.97. The molecule has 98 valence electrons. The Hall–Kier alpha value is -2.21. The molecule has 0 radical (unpaired) electrons. The number of carboxylic acid groups (broad SMARTS) is 1. The molecular weight excluding hydrogens is 269 g/mol. The number of aliphatic carboxylic acids is 1. The number of benzene rings is 1. The molecule has 19 heavy (non-hydrogen) atoms. The van der Waals surface area contributed by atoms with E-state index in [0.717, 1.165) is 16.5 Å². The van der Waals surface area contributed by atoms with Crippen molar-refractivity contribution >= 4 is 23.4 Å². The number of aliphatic hydroxyl groups is 1. The second kappa shape index (κ2) is 5.62. The molecule has 2 N–H and O–H groups in total. The molecule has 0 atom stereocenters. The Labute approximate surface area is 112 Å². The minimum absolute atomic E-state index is 0.289. The minimum atomic E-state index is -1.39. The summed E-state index contributed by atoms with van der Waals surface area (Å²) in [6, 6.07) is 6.12. The van der Waals surface area contributed by atoms with E-state index in [2.05, 4.69) is 4.98 Å². The van der Waals surface area contributed by atoms with Gasteiger partial charge in [0.2, 0.25) is 5.76 Å². The largest absolute Gasteiger partial charge is 0.502 e. The fourth-order valence-electron chi connectivity index (χ4n) is 1.45. The van der Waals surface area contributed by atoms with Crippen LogP contribution in [0.3, 0.4) is 0 Å². The van der Waals surface area contributed by atoms with Crippen LogP contribution in [0.15, 0.2) is 36.2 Å². The average Bonchev–Trinajstić information content (AvgIpc) is 2.79. The molecule has 1 aromatic carbocycles. The van der Waals surface area contributed by atoms with Gasteiger partial charge in [-0.15, -0.1) is 11.3 Å². The maximum absolute atomic E-state index is 12.7. The number of hydrogen-bond acceptors (Lipinski definition) is 4. The Bertz CT molecular complexity index is 619. The molecule has 0 unspecified atom stereocenters. The summed E-state index contributed by atoms with van der Waals surface area (Å²) in [6.07, 6.45) is 3.29. The van der Waals surface area contributed by atoms with E-state index < -0.39 is 11.7 Å². The molecule has 0 saturated carbocycles. The molecule has 0 saturated heterocycles. The molecule has 0 bridgehead atoms. The first-order valence-electron chi connectivity index (χ1n) is 5.37. The highest BCUT2D eigenvalue weighted by atomic mass is 32.1. The number of aromatic nitrogens is 1. The molecule has 1 aromatic heterocycles. The maximum atomic E-state index is 12.7. The highest BCUT2D eigenvalue weighted by molar-refractivity contribution is 7.12. The van der Waals surface area contributed by atoms with Crippen LogP contribution >= 0.6 is 11.3 Å². The van der Waals surface area contributed by atoms with Gasteiger partial charge in [0.15, 0.2) is 0 Å². The van der Waals surface area contributed by atoms with Gasteiger partial charge in [0.1, 0.15) is 10.8 Å². The fourth-order valence-corrected chi connectivity index (χ4v) is 2.34.